The third-order valence-electron chi connectivity index (χ3n) is 3.13. The average Bonchev–Trinajstić information content (AvgIpc) is 2.35. The molecule has 1 aliphatic carbocycles. The zero-order valence-electron chi connectivity index (χ0n) is 7.62. The van der Waals surface area contributed by atoms with Crippen molar-refractivity contribution in [3.63, 3.8) is 0 Å². The summed E-state index contributed by atoms with van der Waals surface area (Å²) in [7, 11) is 0. The molecular weight excluding hydrogens is 146 g/mol. The highest BCUT2D eigenvalue weighted by atomic mass is 19.3. The average molecular weight is 162 g/mol. The Bertz CT molecular complexity index is 151. The number of halogens is 2. The molecule has 0 amide bonds. The predicted molar refractivity (Wildman–Crippen MR) is 41.7 cm³/mol. The van der Waals surface area contributed by atoms with Crippen molar-refractivity contribution in [3.05, 3.63) is 0 Å². The largest absolute Gasteiger partial charge is 0.255 e. The zero-order chi connectivity index (χ0) is 8.86. The third kappa shape index (κ3) is 0.986. The Labute approximate surface area is 67.0 Å². The molecule has 66 valence electrons. The van der Waals surface area contributed by atoms with Crippen LogP contribution in [0.4, 0.5) is 8.78 Å². The lowest BCUT2D eigenvalue weighted by Gasteiger charge is -2.24. The molecule has 1 aliphatic rings. The van der Waals surface area contributed by atoms with Crippen molar-refractivity contribution in [2.24, 2.45) is 17.3 Å². The maximum absolute atomic E-state index is 13.0. The predicted octanol–water partition coefficient (Wildman–Crippen LogP) is 3.32. The van der Waals surface area contributed by atoms with Crippen LogP contribution in [0.25, 0.3) is 0 Å². The van der Waals surface area contributed by atoms with Crippen molar-refractivity contribution in [3.8, 4) is 0 Å². The summed E-state index contributed by atoms with van der Waals surface area (Å²) in [6.45, 7) is 7.56. The molecule has 0 aromatic carbocycles. The van der Waals surface area contributed by atoms with E-state index in [1.54, 1.807) is 0 Å². The van der Waals surface area contributed by atoms with E-state index in [2.05, 4.69) is 0 Å². The maximum atomic E-state index is 13.0. The van der Waals surface area contributed by atoms with Crippen molar-refractivity contribution < 1.29 is 8.78 Å². The summed E-state index contributed by atoms with van der Waals surface area (Å²) >= 11 is 0. The topological polar surface area (TPSA) is 0 Å². The van der Waals surface area contributed by atoms with E-state index in [9.17, 15) is 8.78 Å². The minimum atomic E-state index is -2.39. The first-order chi connectivity index (χ1) is 4.84. The van der Waals surface area contributed by atoms with Crippen molar-refractivity contribution >= 4 is 0 Å². The summed E-state index contributed by atoms with van der Waals surface area (Å²) in [4.78, 5) is 0. The lowest BCUT2D eigenvalue weighted by molar-refractivity contribution is 0.0226. The van der Waals surface area contributed by atoms with Crippen LogP contribution in [-0.4, -0.2) is 5.92 Å². The zero-order valence-corrected chi connectivity index (χ0v) is 7.62. The van der Waals surface area contributed by atoms with Gasteiger partial charge in [0.05, 0.1) is 0 Å². The van der Waals surface area contributed by atoms with E-state index in [0.717, 1.165) is 0 Å². The number of hydrogen-bond acceptors (Lipinski definition) is 0. The summed E-state index contributed by atoms with van der Waals surface area (Å²) < 4.78 is 25.9. The summed E-state index contributed by atoms with van der Waals surface area (Å²) in [6, 6.07) is 0. The molecular formula is C9H16F2. The number of alkyl halides is 2. The normalized spacial score (nSPS) is 26.2. The molecule has 11 heavy (non-hydrogen) atoms. The van der Waals surface area contributed by atoms with E-state index < -0.39 is 11.3 Å². The van der Waals surface area contributed by atoms with Crippen LogP contribution in [0.3, 0.4) is 0 Å². The van der Waals surface area contributed by atoms with Gasteiger partial charge in [-0.2, -0.15) is 0 Å². The number of hydrogen-bond donors (Lipinski definition) is 0. The molecule has 0 nitrogen and oxygen atoms in total. The third-order valence-corrected chi connectivity index (χ3v) is 3.13. The van der Waals surface area contributed by atoms with Crippen molar-refractivity contribution in [1.82, 2.24) is 0 Å². The molecule has 2 heteroatoms. The first-order valence-electron chi connectivity index (χ1n) is 4.22. The second-order valence-corrected chi connectivity index (χ2v) is 4.23. The molecule has 0 aliphatic heterocycles. The van der Waals surface area contributed by atoms with Gasteiger partial charge in [-0.05, 0) is 11.8 Å². The lowest BCUT2D eigenvalue weighted by Crippen LogP contribution is -2.24. The molecule has 1 rings (SSSR count). The molecule has 0 N–H and O–H groups in total. The van der Waals surface area contributed by atoms with Gasteiger partial charge >= 0.3 is 0 Å². The van der Waals surface area contributed by atoms with Gasteiger partial charge in [0.25, 0.3) is 5.92 Å². The van der Waals surface area contributed by atoms with Gasteiger partial charge in [-0.15, -0.1) is 0 Å². The Balaban J connectivity index is 2.80. The van der Waals surface area contributed by atoms with Gasteiger partial charge in [0.15, 0.2) is 0 Å². The Morgan fingerprint density at radius 3 is 1.27 bits per heavy atom. The molecule has 0 aromatic heterocycles. The quantitative estimate of drug-likeness (QED) is 0.584. The summed E-state index contributed by atoms with van der Waals surface area (Å²) in [5, 5.41) is 0. The van der Waals surface area contributed by atoms with Gasteiger partial charge in [-0.25, -0.2) is 8.78 Å². The van der Waals surface area contributed by atoms with Crippen LogP contribution >= 0.6 is 0 Å². The van der Waals surface area contributed by atoms with E-state index >= 15 is 0 Å². The highest BCUT2D eigenvalue weighted by Gasteiger charge is 2.73. The molecule has 0 unspecified atom stereocenters. The molecule has 0 atom stereocenters. The summed E-state index contributed by atoms with van der Waals surface area (Å²) in [5.74, 6) is -2.20. The Morgan fingerprint density at radius 1 is 1.00 bits per heavy atom. The van der Waals surface area contributed by atoms with Crippen LogP contribution in [0, 0.1) is 17.3 Å². The second kappa shape index (κ2) is 2.18. The van der Waals surface area contributed by atoms with Gasteiger partial charge < -0.3 is 0 Å². The van der Waals surface area contributed by atoms with E-state index in [1.165, 1.54) is 0 Å². The SMILES string of the molecule is CC(C)C1(C(C)C)CC1(F)F. The van der Waals surface area contributed by atoms with Gasteiger partial charge in [0, 0.05) is 11.8 Å². The molecule has 0 saturated heterocycles. The minimum Gasteiger partial charge on any atom is -0.206 e. The van der Waals surface area contributed by atoms with E-state index in [0.29, 0.717) is 0 Å². The molecule has 0 bridgehead atoms. The van der Waals surface area contributed by atoms with E-state index in [1.807, 2.05) is 27.7 Å². The van der Waals surface area contributed by atoms with Gasteiger partial charge in [0.2, 0.25) is 0 Å². The fraction of sp³-hybridized carbons (Fsp3) is 1.00. The standard InChI is InChI=1S/C9H16F2/c1-6(2)8(7(3)4)5-9(8,10)11/h6-7H,5H2,1-4H3. The molecule has 1 saturated carbocycles. The fourth-order valence-electron chi connectivity index (χ4n) is 2.24. The van der Waals surface area contributed by atoms with Crippen molar-refractivity contribution in [1.29, 1.82) is 0 Å². The van der Waals surface area contributed by atoms with Crippen LogP contribution in [0.5, 0.6) is 0 Å². The molecule has 0 spiro atoms. The first-order valence-corrected chi connectivity index (χ1v) is 4.22. The van der Waals surface area contributed by atoms with Gasteiger partial charge in [-0.1, -0.05) is 27.7 Å². The highest BCUT2D eigenvalue weighted by Crippen LogP contribution is 2.68. The van der Waals surface area contributed by atoms with Crippen LogP contribution in [0.15, 0.2) is 0 Å². The monoisotopic (exact) mass is 162 g/mol. The Kier molecular flexibility index (Phi) is 1.77. The summed E-state index contributed by atoms with van der Waals surface area (Å²) in [6.07, 6.45) is 0.0926. The van der Waals surface area contributed by atoms with Crippen molar-refractivity contribution in [2.45, 2.75) is 40.0 Å². The maximum Gasteiger partial charge on any atom is 0.255 e. The highest BCUT2D eigenvalue weighted by molar-refractivity contribution is 5.12. The van der Waals surface area contributed by atoms with Gasteiger partial charge in [-0.3, -0.25) is 0 Å². The lowest BCUT2D eigenvalue weighted by atomic mass is 9.81. The fourth-order valence-corrected chi connectivity index (χ4v) is 2.24. The number of rotatable bonds is 2. The molecule has 0 aromatic rings. The van der Waals surface area contributed by atoms with Crippen LogP contribution in [0.1, 0.15) is 34.1 Å². The molecule has 0 radical (unpaired) electrons. The van der Waals surface area contributed by atoms with Gasteiger partial charge in [0.1, 0.15) is 0 Å². The Morgan fingerprint density at radius 2 is 1.27 bits per heavy atom. The molecule has 0 heterocycles. The van der Waals surface area contributed by atoms with Crippen LogP contribution < -0.4 is 0 Å². The summed E-state index contributed by atoms with van der Waals surface area (Å²) in [5.41, 5.74) is -0.688. The molecule has 1 fully saturated rings. The van der Waals surface area contributed by atoms with E-state index in [4.69, 9.17) is 0 Å². The minimum absolute atomic E-state index is 0.0926. The van der Waals surface area contributed by atoms with Crippen LogP contribution in [-0.2, 0) is 0 Å². The van der Waals surface area contributed by atoms with Crippen molar-refractivity contribution in [2.75, 3.05) is 0 Å². The smallest absolute Gasteiger partial charge is 0.206 e. The van der Waals surface area contributed by atoms with Crippen LogP contribution in [0.2, 0.25) is 0 Å². The van der Waals surface area contributed by atoms with E-state index in [-0.39, 0.29) is 18.3 Å². The second-order valence-electron chi connectivity index (χ2n) is 4.23. The Hall–Kier alpha value is -0.140. The first kappa shape index (κ1) is 8.95.